The van der Waals surface area contributed by atoms with E-state index in [1.54, 1.807) is 6.07 Å². The molecule has 3 N–H and O–H groups in total. The Morgan fingerprint density at radius 3 is 2.82 bits per heavy atom. The molecule has 1 aliphatic rings. The molecular formula is C28H37N3O3. The molecule has 2 aromatic carbocycles. The van der Waals surface area contributed by atoms with Gasteiger partial charge in [-0.2, -0.15) is 0 Å². The number of benzene rings is 2. The smallest absolute Gasteiger partial charge is 0.203 e. The van der Waals surface area contributed by atoms with Crippen LogP contribution in [0, 0.1) is 11.8 Å². The Kier molecular flexibility index (Phi) is 7.68. The van der Waals surface area contributed by atoms with Gasteiger partial charge < -0.3 is 29.8 Å². The van der Waals surface area contributed by atoms with Crippen LogP contribution in [0.3, 0.4) is 0 Å². The summed E-state index contributed by atoms with van der Waals surface area (Å²) in [5, 5.41) is 15.4. The van der Waals surface area contributed by atoms with Crippen molar-refractivity contribution in [2.24, 2.45) is 11.8 Å². The minimum absolute atomic E-state index is 0.137. The highest BCUT2D eigenvalue weighted by atomic mass is 16.5. The van der Waals surface area contributed by atoms with Gasteiger partial charge in [-0.3, -0.25) is 0 Å². The van der Waals surface area contributed by atoms with Crippen molar-refractivity contribution >= 4 is 10.9 Å². The highest BCUT2D eigenvalue weighted by molar-refractivity contribution is 5.82. The molecule has 2 heterocycles. The number of nitrogens with one attached hydrogen (secondary N) is 2. The summed E-state index contributed by atoms with van der Waals surface area (Å²) < 4.78 is 11.5. The SMILES string of the molecule is C=C(C(C)CNCc1cccc2cc[nH]c12)N(Cc1cc(O)c2c(c1)OCCCO2)CC(C)C. The number of hydrogen-bond donors (Lipinski definition) is 3. The lowest BCUT2D eigenvalue weighted by Gasteiger charge is -2.32. The maximum absolute atomic E-state index is 10.5. The van der Waals surface area contributed by atoms with Crippen molar-refractivity contribution in [1.29, 1.82) is 0 Å². The van der Waals surface area contributed by atoms with E-state index in [1.807, 2.05) is 12.3 Å². The fourth-order valence-corrected chi connectivity index (χ4v) is 4.50. The minimum Gasteiger partial charge on any atom is -0.504 e. The fraction of sp³-hybridized carbons (Fsp3) is 0.429. The normalized spacial score (nSPS) is 14.2. The third-order valence-corrected chi connectivity index (χ3v) is 6.26. The van der Waals surface area contributed by atoms with E-state index in [0.29, 0.717) is 37.2 Å². The van der Waals surface area contributed by atoms with Crippen molar-refractivity contribution in [1.82, 2.24) is 15.2 Å². The quantitative estimate of drug-likeness (QED) is 0.374. The molecule has 0 saturated heterocycles. The third-order valence-electron chi connectivity index (χ3n) is 6.26. The predicted molar refractivity (Wildman–Crippen MR) is 137 cm³/mol. The van der Waals surface area contributed by atoms with E-state index in [1.165, 1.54) is 16.5 Å². The summed E-state index contributed by atoms with van der Waals surface area (Å²) in [6, 6.07) is 12.3. The van der Waals surface area contributed by atoms with Crippen molar-refractivity contribution < 1.29 is 14.6 Å². The largest absolute Gasteiger partial charge is 0.504 e. The predicted octanol–water partition coefficient (Wildman–Crippen LogP) is 5.43. The van der Waals surface area contributed by atoms with Crippen molar-refractivity contribution in [2.45, 2.75) is 40.3 Å². The van der Waals surface area contributed by atoms with E-state index in [4.69, 9.17) is 9.47 Å². The standard InChI is InChI=1S/C28H37N3O3/c1-19(2)17-31(18-22-13-25(32)28-26(14-22)33-11-6-12-34-28)21(4)20(3)15-29-16-24-8-5-7-23-9-10-30-27(23)24/h5,7-10,13-14,19-20,29-30,32H,4,6,11-12,15-18H2,1-3H3. The van der Waals surface area contributed by atoms with Crippen LogP contribution in [-0.4, -0.2) is 41.3 Å². The first-order valence-corrected chi connectivity index (χ1v) is 12.2. The molecule has 6 heteroatoms. The molecule has 0 spiro atoms. The van der Waals surface area contributed by atoms with E-state index in [-0.39, 0.29) is 11.7 Å². The first kappa shape index (κ1) is 24.0. The molecule has 4 rings (SSSR count). The molecule has 0 aliphatic carbocycles. The van der Waals surface area contributed by atoms with Gasteiger partial charge in [0.2, 0.25) is 5.75 Å². The number of fused-ring (bicyclic) bond motifs is 2. The number of para-hydroxylation sites is 1. The van der Waals surface area contributed by atoms with Gasteiger partial charge in [-0.1, -0.05) is 45.5 Å². The lowest BCUT2D eigenvalue weighted by Crippen LogP contribution is -2.33. The van der Waals surface area contributed by atoms with Crippen LogP contribution in [0.15, 0.2) is 54.9 Å². The summed E-state index contributed by atoms with van der Waals surface area (Å²) >= 11 is 0. The molecule has 0 saturated carbocycles. The lowest BCUT2D eigenvalue weighted by atomic mass is 10.0. The van der Waals surface area contributed by atoms with Crippen molar-refractivity contribution in [3.05, 3.63) is 66.0 Å². The van der Waals surface area contributed by atoms with E-state index < -0.39 is 0 Å². The van der Waals surface area contributed by atoms with Crippen LogP contribution in [0.25, 0.3) is 10.9 Å². The van der Waals surface area contributed by atoms with Crippen LogP contribution >= 0.6 is 0 Å². The summed E-state index contributed by atoms with van der Waals surface area (Å²) in [5.41, 5.74) is 4.53. The van der Waals surface area contributed by atoms with E-state index >= 15 is 0 Å². The van der Waals surface area contributed by atoms with Gasteiger partial charge in [0.15, 0.2) is 11.5 Å². The number of hydrogen-bond acceptors (Lipinski definition) is 5. The first-order valence-electron chi connectivity index (χ1n) is 12.2. The molecule has 0 bridgehead atoms. The molecular weight excluding hydrogens is 426 g/mol. The first-order chi connectivity index (χ1) is 16.4. The molecule has 182 valence electrons. The Bertz CT molecular complexity index is 1120. The van der Waals surface area contributed by atoms with Crippen LogP contribution in [0.1, 0.15) is 38.3 Å². The highest BCUT2D eigenvalue weighted by Crippen LogP contribution is 2.39. The van der Waals surface area contributed by atoms with Gasteiger partial charge in [0, 0.05) is 55.9 Å². The molecule has 0 fully saturated rings. The van der Waals surface area contributed by atoms with Crippen LogP contribution in [0.4, 0.5) is 0 Å². The second kappa shape index (κ2) is 10.9. The fourth-order valence-electron chi connectivity index (χ4n) is 4.50. The monoisotopic (exact) mass is 463 g/mol. The number of ether oxygens (including phenoxy) is 2. The number of H-pyrrole nitrogens is 1. The number of aromatic nitrogens is 1. The summed E-state index contributed by atoms with van der Waals surface area (Å²) in [4.78, 5) is 5.66. The average Bonchev–Trinajstić information content (AvgIpc) is 3.16. The zero-order valence-electron chi connectivity index (χ0n) is 20.6. The van der Waals surface area contributed by atoms with Gasteiger partial charge in [-0.15, -0.1) is 0 Å². The highest BCUT2D eigenvalue weighted by Gasteiger charge is 2.20. The zero-order valence-corrected chi connectivity index (χ0v) is 20.6. The zero-order chi connectivity index (χ0) is 24.1. The number of aromatic hydroxyl groups is 1. The van der Waals surface area contributed by atoms with Crippen molar-refractivity contribution in [3.8, 4) is 17.2 Å². The van der Waals surface area contributed by atoms with Crippen LogP contribution in [0.5, 0.6) is 17.2 Å². The Hall–Kier alpha value is -3.12. The van der Waals surface area contributed by atoms with Crippen LogP contribution in [-0.2, 0) is 13.1 Å². The maximum Gasteiger partial charge on any atom is 0.203 e. The van der Waals surface area contributed by atoms with Gasteiger partial charge in [0.1, 0.15) is 0 Å². The molecule has 0 radical (unpaired) electrons. The Labute approximate surface area is 202 Å². The van der Waals surface area contributed by atoms with Gasteiger partial charge in [0.25, 0.3) is 0 Å². The van der Waals surface area contributed by atoms with Crippen LogP contribution in [0.2, 0.25) is 0 Å². The number of phenolic OH excluding ortho intramolecular Hbond substituents is 1. The van der Waals surface area contributed by atoms with Gasteiger partial charge in [0.05, 0.1) is 13.2 Å². The van der Waals surface area contributed by atoms with Crippen molar-refractivity contribution in [3.63, 3.8) is 0 Å². The molecule has 6 nitrogen and oxygen atoms in total. The molecule has 0 amide bonds. The molecule has 1 unspecified atom stereocenters. The van der Waals surface area contributed by atoms with Gasteiger partial charge in [-0.25, -0.2) is 0 Å². The van der Waals surface area contributed by atoms with Crippen molar-refractivity contribution in [2.75, 3.05) is 26.3 Å². The lowest BCUT2D eigenvalue weighted by molar-refractivity contribution is 0.265. The Morgan fingerprint density at radius 1 is 1.18 bits per heavy atom. The Balaban J connectivity index is 1.41. The van der Waals surface area contributed by atoms with Gasteiger partial charge >= 0.3 is 0 Å². The molecule has 1 atom stereocenters. The molecule has 3 aromatic rings. The summed E-state index contributed by atoms with van der Waals surface area (Å²) in [7, 11) is 0. The number of phenols is 1. The summed E-state index contributed by atoms with van der Waals surface area (Å²) in [6.07, 6.45) is 2.79. The summed E-state index contributed by atoms with van der Waals surface area (Å²) in [5.74, 6) is 1.95. The summed E-state index contributed by atoms with van der Waals surface area (Å²) in [6.45, 7) is 15.4. The minimum atomic E-state index is 0.137. The second-order valence-electron chi connectivity index (χ2n) is 9.65. The molecule has 34 heavy (non-hydrogen) atoms. The topological polar surface area (TPSA) is 69.8 Å². The van der Waals surface area contributed by atoms with E-state index in [9.17, 15) is 5.11 Å². The molecule has 1 aliphatic heterocycles. The van der Waals surface area contributed by atoms with Crippen LogP contribution < -0.4 is 14.8 Å². The third kappa shape index (κ3) is 5.68. The Morgan fingerprint density at radius 2 is 2.00 bits per heavy atom. The van der Waals surface area contributed by atoms with E-state index in [2.05, 4.69) is 66.8 Å². The van der Waals surface area contributed by atoms with E-state index in [0.717, 1.165) is 37.3 Å². The molecule has 1 aromatic heterocycles. The maximum atomic E-state index is 10.5. The second-order valence-corrected chi connectivity index (χ2v) is 9.65. The number of rotatable bonds is 10. The number of nitrogens with zero attached hydrogens (tertiary/aromatic N) is 1. The average molecular weight is 464 g/mol. The van der Waals surface area contributed by atoms with Gasteiger partial charge in [-0.05, 0) is 40.6 Å². The number of aromatic amines is 1.